The molecule has 30 heavy (non-hydrogen) atoms. The summed E-state index contributed by atoms with van der Waals surface area (Å²) in [7, 11) is -1.18. The van der Waals surface area contributed by atoms with Gasteiger partial charge in [0.2, 0.25) is 10.0 Å². The Morgan fingerprint density at radius 1 is 0.933 bits per heavy atom. The van der Waals surface area contributed by atoms with Gasteiger partial charge < -0.3 is 14.4 Å². The van der Waals surface area contributed by atoms with Crippen LogP contribution in [0.5, 0.6) is 5.75 Å². The van der Waals surface area contributed by atoms with Gasteiger partial charge in [-0.3, -0.25) is 4.79 Å². The van der Waals surface area contributed by atoms with E-state index in [4.69, 9.17) is 16.3 Å². The van der Waals surface area contributed by atoms with E-state index in [1.807, 2.05) is 0 Å². The molecule has 2 aromatic carbocycles. The maximum absolute atomic E-state index is 13.1. The van der Waals surface area contributed by atoms with Gasteiger partial charge in [0.1, 0.15) is 10.6 Å². The monoisotopic (exact) mass is 452 g/mol. The summed E-state index contributed by atoms with van der Waals surface area (Å²) in [6.07, 6.45) is 0. The predicted molar refractivity (Wildman–Crippen MR) is 110 cm³/mol. The van der Waals surface area contributed by atoms with Crippen LogP contribution in [0, 0.1) is 0 Å². The van der Waals surface area contributed by atoms with E-state index < -0.39 is 16.0 Å². The minimum Gasteiger partial charge on any atom is -0.497 e. The van der Waals surface area contributed by atoms with Crippen LogP contribution in [-0.4, -0.2) is 69.9 Å². The van der Waals surface area contributed by atoms with E-state index in [1.165, 1.54) is 29.6 Å². The number of hydrogen-bond acceptors (Lipinski definition) is 6. The van der Waals surface area contributed by atoms with E-state index in [9.17, 15) is 18.0 Å². The highest BCUT2D eigenvalue weighted by Gasteiger charge is 2.32. The van der Waals surface area contributed by atoms with Gasteiger partial charge in [0.15, 0.2) is 0 Å². The van der Waals surface area contributed by atoms with Crippen molar-refractivity contribution in [3.8, 4) is 5.75 Å². The molecular weight excluding hydrogens is 432 g/mol. The normalized spacial score (nSPS) is 15.0. The summed E-state index contributed by atoms with van der Waals surface area (Å²) < 4.78 is 37.1. The number of ether oxygens (including phenoxy) is 2. The maximum atomic E-state index is 13.1. The first kappa shape index (κ1) is 22.1. The van der Waals surface area contributed by atoms with Gasteiger partial charge in [0.05, 0.1) is 24.8 Å². The molecule has 8 nitrogen and oxygen atoms in total. The average Bonchev–Trinajstić information content (AvgIpc) is 2.78. The Hall–Kier alpha value is -2.62. The molecule has 1 aliphatic rings. The van der Waals surface area contributed by atoms with Crippen molar-refractivity contribution in [2.45, 2.75) is 4.90 Å². The van der Waals surface area contributed by atoms with Crippen LogP contribution < -0.4 is 4.74 Å². The molecule has 1 fully saturated rings. The number of carbonyl (C=O) groups excluding carboxylic acids is 2. The van der Waals surface area contributed by atoms with Crippen LogP contribution in [0.3, 0.4) is 0 Å². The van der Waals surface area contributed by atoms with E-state index in [1.54, 1.807) is 36.3 Å². The molecule has 0 spiro atoms. The Morgan fingerprint density at radius 3 is 2.10 bits per heavy atom. The second-order valence-electron chi connectivity index (χ2n) is 6.56. The van der Waals surface area contributed by atoms with Gasteiger partial charge in [0, 0.05) is 31.7 Å². The van der Waals surface area contributed by atoms with Gasteiger partial charge in [-0.15, -0.1) is 0 Å². The fourth-order valence-corrected chi connectivity index (χ4v) is 5.06. The molecule has 0 radical (unpaired) electrons. The Balaban J connectivity index is 1.73. The van der Waals surface area contributed by atoms with Gasteiger partial charge >= 0.3 is 5.97 Å². The zero-order valence-electron chi connectivity index (χ0n) is 16.5. The van der Waals surface area contributed by atoms with E-state index >= 15 is 0 Å². The Morgan fingerprint density at radius 2 is 1.53 bits per heavy atom. The van der Waals surface area contributed by atoms with Crippen LogP contribution >= 0.6 is 11.6 Å². The fourth-order valence-electron chi connectivity index (χ4n) is 3.13. The number of methoxy groups -OCH3 is 2. The third-order valence-electron chi connectivity index (χ3n) is 4.83. The smallest absolute Gasteiger partial charge is 0.337 e. The fraction of sp³-hybridized carbons (Fsp3) is 0.300. The third-order valence-corrected chi connectivity index (χ3v) is 7.21. The summed E-state index contributed by atoms with van der Waals surface area (Å²) in [5.41, 5.74) is 0.592. The molecule has 10 heteroatoms. The summed E-state index contributed by atoms with van der Waals surface area (Å²) in [6.45, 7) is 0.697. The summed E-state index contributed by atoms with van der Waals surface area (Å²) >= 11 is 6.10. The second kappa shape index (κ2) is 9.03. The summed E-state index contributed by atoms with van der Waals surface area (Å²) in [5.74, 6) is -0.188. The summed E-state index contributed by atoms with van der Waals surface area (Å²) in [6, 6.07) is 10.7. The first-order valence-electron chi connectivity index (χ1n) is 9.09. The second-order valence-corrected chi connectivity index (χ2v) is 8.88. The zero-order chi connectivity index (χ0) is 21.9. The van der Waals surface area contributed by atoms with Crippen molar-refractivity contribution in [3.63, 3.8) is 0 Å². The van der Waals surface area contributed by atoms with Crippen LogP contribution in [0.2, 0.25) is 5.02 Å². The van der Waals surface area contributed by atoms with Crippen LogP contribution in [0.4, 0.5) is 0 Å². The molecule has 2 aromatic rings. The van der Waals surface area contributed by atoms with Crippen LogP contribution in [-0.2, 0) is 14.8 Å². The first-order valence-corrected chi connectivity index (χ1v) is 10.9. The highest BCUT2D eigenvalue weighted by molar-refractivity contribution is 7.89. The predicted octanol–water partition coefficient (Wildman–Crippen LogP) is 2.28. The number of nitrogens with zero attached hydrogens (tertiary/aromatic N) is 2. The van der Waals surface area contributed by atoms with Crippen molar-refractivity contribution in [1.82, 2.24) is 9.21 Å². The van der Waals surface area contributed by atoms with Crippen molar-refractivity contribution in [2.75, 3.05) is 40.4 Å². The molecule has 1 aliphatic heterocycles. The quantitative estimate of drug-likeness (QED) is 0.646. The molecule has 1 amide bonds. The summed E-state index contributed by atoms with van der Waals surface area (Å²) in [5, 5.41) is 0.0133. The molecule has 160 valence electrons. The highest BCUT2D eigenvalue weighted by Crippen LogP contribution is 2.27. The number of piperazine rings is 1. The molecule has 0 aromatic heterocycles. The van der Waals surface area contributed by atoms with Crippen molar-refractivity contribution >= 4 is 33.5 Å². The van der Waals surface area contributed by atoms with E-state index in [2.05, 4.69) is 4.74 Å². The van der Waals surface area contributed by atoms with Crippen LogP contribution in [0.15, 0.2) is 47.4 Å². The van der Waals surface area contributed by atoms with Gasteiger partial charge in [-0.1, -0.05) is 11.6 Å². The lowest BCUT2D eigenvalue weighted by Crippen LogP contribution is -2.50. The van der Waals surface area contributed by atoms with E-state index in [0.29, 0.717) is 11.3 Å². The van der Waals surface area contributed by atoms with Gasteiger partial charge in [-0.2, -0.15) is 4.31 Å². The van der Waals surface area contributed by atoms with Crippen molar-refractivity contribution in [1.29, 1.82) is 0 Å². The minimum absolute atomic E-state index is 0.0133. The number of amides is 1. The molecule has 0 N–H and O–H groups in total. The highest BCUT2D eigenvalue weighted by atomic mass is 35.5. The Kier molecular flexibility index (Phi) is 6.64. The number of rotatable bonds is 5. The van der Waals surface area contributed by atoms with Crippen molar-refractivity contribution in [3.05, 3.63) is 58.6 Å². The van der Waals surface area contributed by atoms with E-state index in [0.717, 1.165) is 0 Å². The number of sulfonamides is 1. The van der Waals surface area contributed by atoms with Gasteiger partial charge in [-0.25, -0.2) is 13.2 Å². The molecule has 0 saturated carbocycles. The minimum atomic E-state index is -3.94. The first-order chi connectivity index (χ1) is 14.3. The van der Waals surface area contributed by atoms with Crippen molar-refractivity contribution in [2.24, 2.45) is 0 Å². The number of halogens is 1. The molecule has 1 heterocycles. The lowest BCUT2D eigenvalue weighted by molar-refractivity contribution is 0.0599. The van der Waals surface area contributed by atoms with Gasteiger partial charge in [0.25, 0.3) is 5.91 Å². The number of esters is 1. The molecule has 0 bridgehead atoms. The number of benzene rings is 2. The van der Waals surface area contributed by atoms with E-state index in [-0.39, 0.29) is 47.6 Å². The number of carbonyl (C=O) groups is 2. The van der Waals surface area contributed by atoms with Crippen molar-refractivity contribution < 1.29 is 27.5 Å². The largest absolute Gasteiger partial charge is 0.497 e. The molecular formula is C20H21ClN2O6S. The average molecular weight is 453 g/mol. The summed E-state index contributed by atoms with van der Waals surface area (Å²) in [4.78, 5) is 25.9. The topological polar surface area (TPSA) is 93.2 Å². The Bertz CT molecular complexity index is 1050. The molecule has 1 saturated heterocycles. The Labute approximate surface area is 180 Å². The molecule has 0 atom stereocenters. The lowest BCUT2D eigenvalue weighted by atomic mass is 10.2. The zero-order valence-corrected chi connectivity index (χ0v) is 18.1. The standard InChI is InChI=1S/C20H21ClN2O6S/c1-28-16-6-3-14(4-7-16)19(24)22-9-11-23(12-10-22)30(26,27)18-13-15(20(25)29-2)5-8-17(18)21/h3-8,13H,9-12H2,1-2H3. The third kappa shape index (κ3) is 4.43. The lowest BCUT2D eigenvalue weighted by Gasteiger charge is -2.34. The van der Waals surface area contributed by atoms with Crippen LogP contribution in [0.25, 0.3) is 0 Å². The van der Waals surface area contributed by atoms with Gasteiger partial charge in [-0.05, 0) is 42.5 Å². The van der Waals surface area contributed by atoms with Crippen LogP contribution in [0.1, 0.15) is 20.7 Å². The SMILES string of the molecule is COC(=O)c1ccc(Cl)c(S(=O)(=O)N2CCN(C(=O)c3ccc(OC)cc3)CC2)c1. The molecule has 3 rings (SSSR count). The molecule has 0 aliphatic carbocycles. The maximum Gasteiger partial charge on any atom is 0.337 e. The number of hydrogen-bond donors (Lipinski definition) is 0. The molecule has 0 unspecified atom stereocenters.